The molecule has 28 heteroatoms. The zero-order chi connectivity index (χ0) is 60.5. The van der Waals surface area contributed by atoms with Gasteiger partial charge in [-0.1, -0.05) is 30.3 Å². The van der Waals surface area contributed by atoms with Gasteiger partial charge in [0.15, 0.2) is 22.7 Å². The maximum absolute atomic E-state index is 14.8. The number of methoxy groups -OCH3 is 1. The number of carbonyl (C=O) groups excluding carboxylic acids is 7. The zero-order valence-corrected chi connectivity index (χ0v) is 48.5. The molecule has 7 amide bonds. The lowest BCUT2D eigenvalue weighted by atomic mass is 9.93. The summed E-state index contributed by atoms with van der Waals surface area (Å²) in [5, 5.41) is 17.3. The Morgan fingerprint density at radius 3 is 2.28 bits per heavy atom. The second kappa shape index (κ2) is 29.3. The Balaban J connectivity index is 1.34. The van der Waals surface area contributed by atoms with Gasteiger partial charge in [0.2, 0.25) is 29.5 Å². The van der Waals surface area contributed by atoms with Crippen LogP contribution in [0.25, 0.3) is 0 Å². The van der Waals surface area contributed by atoms with Crippen molar-refractivity contribution in [3.63, 3.8) is 0 Å². The van der Waals surface area contributed by atoms with Crippen molar-refractivity contribution in [1.82, 2.24) is 46.4 Å². The van der Waals surface area contributed by atoms with Crippen LogP contribution in [-0.4, -0.2) is 150 Å². The first-order valence-corrected chi connectivity index (χ1v) is 28.0. The lowest BCUT2D eigenvalue weighted by Gasteiger charge is -2.40. The predicted octanol–water partition coefficient (Wildman–Crippen LogP) is 3.39. The number of hydrogen-bond donors (Lipinski definition) is 8. The molecule has 6 atom stereocenters. The molecule has 0 saturated heterocycles. The second-order valence-corrected chi connectivity index (χ2v) is 21.6. The Labute approximate surface area is 476 Å². The monoisotopic (exact) mass is 1160 g/mol. The van der Waals surface area contributed by atoms with Crippen molar-refractivity contribution in [2.24, 2.45) is 17.2 Å². The molecule has 0 radical (unpaired) electrons. The van der Waals surface area contributed by atoms with Gasteiger partial charge in [-0.15, -0.1) is 5.16 Å². The number of nitrogens with zero attached hydrogens (tertiary/aromatic N) is 6. The summed E-state index contributed by atoms with van der Waals surface area (Å²) in [6.45, 7) is 15.0. The van der Waals surface area contributed by atoms with Gasteiger partial charge in [-0.2, -0.15) is 8.42 Å². The topological polar surface area (TPSA) is 344 Å². The number of ether oxygens (including phenoxy) is 2. The van der Waals surface area contributed by atoms with Crippen LogP contribution in [0.1, 0.15) is 113 Å². The van der Waals surface area contributed by atoms with E-state index in [2.05, 4.69) is 59.2 Å². The summed E-state index contributed by atoms with van der Waals surface area (Å²) < 4.78 is 51.8. The average molecular weight is 1160 g/mol. The molecule has 2 aliphatic rings. The fraction of sp³-hybridized carbons (Fsp3) is 0.481. The fourth-order valence-electron chi connectivity index (χ4n) is 8.74. The number of unbranched alkanes of at least 4 members (excludes halogenated alkanes) is 1. The normalized spacial score (nSPS) is 16.7. The van der Waals surface area contributed by atoms with Gasteiger partial charge in [-0.3, -0.25) is 43.2 Å². The summed E-state index contributed by atoms with van der Waals surface area (Å²) in [5.74, 6) is -3.43. The van der Waals surface area contributed by atoms with Crippen molar-refractivity contribution in [3.05, 3.63) is 89.5 Å². The number of fused-ring (bicyclic) bond motifs is 3. The SMILES string of the molecule is C=NOCCCNC(=O)CCCCC(=O)N[C@H](C)C(=O)N[C@H](C)C(=O)NC(C)[C@H](C)OC(=O)N1c2cc(ONc3cn(C)c(C(=O)NC(/C=C\C)=N/C(C)(C)/C=C\NC)n3)c(OC)cc2C(=O)N2Cc3ccccc3C[C@H]2C1S(=O)(=O)O. The number of oxime groups is 1. The van der Waals surface area contributed by atoms with Crippen molar-refractivity contribution in [2.75, 3.05) is 37.7 Å². The third kappa shape index (κ3) is 17.5. The molecule has 1 aromatic heterocycles. The number of amidine groups is 1. The van der Waals surface area contributed by atoms with Crippen LogP contribution in [0.5, 0.6) is 11.5 Å². The molecule has 2 aliphatic heterocycles. The third-order valence-corrected chi connectivity index (χ3v) is 14.3. The predicted molar refractivity (Wildman–Crippen MR) is 304 cm³/mol. The molecule has 2 unspecified atom stereocenters. The van der Waals surface area contributed by atoms with Crippen LogP contribution >= 0.6 is 0 Å². The third-order valence-electron chi connectivity index (χ3n) is 13.2. The summed E-state index contributed by atoms with van der Waals surface area (Å²) in [6.07, 6.45) is 7.24. The fourth-order valence-corrected chi connectivity index (χ4v) is 9.85. The van der Waals surface area contributed by atoms with E-state index in [-0.39, 0.29) is 71.9 Å². The van der Waals surface area contributed by atoms with Crippen LogP contribution in [0.2, 0.25) is 0 Å². The average Bonchev–Trinajstić information content (AvgIpc) is 3.86. The minimum atomic E-state index is -5.31. The number of allylic oxidation sites excluding steroid dienone is 1. The summed E-state index contributed by atoms with van der Waals surface area (Å²) in [5.41, 5.74) is 2.69. The summed E-state index contributed by atoms with van der Waals surface area (Å²) >= 11 is 0. The van der Waals surface area contributed by atoms with Crippen LogP contribution < -0.4 is 51.9 Å². The van der Waals surface area contributed by atoms with Gasteiger partial charge in [0, 0.05) is 59.2 Å². The quantitative estimate of drug-likeness (QED) is 0.0178. The Morgan fingerprint density at radius 2 is 1.62 bits per heavy atom. The van der Waals surface area contributed by atoms with Crippen molar-refractivity contribution in [1.29, 1.82) is 0 Å². The summed E-state index contributed by atoms with van der Waals surface area (Å²) in [6, 6.07) is 4.81. The first-order valence-electron chi connectivity index (χ1n) is 26.5. The molecular formula is C54H75N13O14S. The number of hydrogen-bond acceptors (Lipinski definition) is 18. The highest BCUT2D eigenvalue weighted by Gasteiger charge is 2.52. The highest BCUT2D eigenvalue weighted by Crippen LogP contribution is 2.43. The van der Waals surface area contributed by atoms with E-state index in [1.807, 2.05) is 19.9 Å². The Morgan fingerprint density at radius 1 is 0.951 bits per heavy atom. The minimum absolute atomic E-state index is 0.00703. The van der Waals surface area contributed by atoms with Gasteiger partial charge in [0.25, 0.3) is 21.9 Å². The molecule has 446 valence electrons. The van der Waals surface area contributed by atoms with Crippen LogP contribution in [0, 0.1) is 0 Å². The van der Waals surface area contributed by atoms with Crippen molar-refractivity contribution < 1.29 is 65.7 Å². The van der Waals surface area contributed by atoms with E-state index < -0.39 is 86.9 Å². The smallest absolute Gasteiger partial charge is 0.415 e. The molecule has 0 spiro atoms. The van der Waals surface area contributed by atoms with Gasteiger partial charge < -0.3 is 60.5 Å². The van der Waals surface area contributed by atoms with Gasteiger partial charge in [0.05, 0.1) is 42.2 Å². The molecule has 8 N–H and O–H groups in total. The molecule has 2 aromatic carbocycles. The van der Waals surface area contributed by atoms with E-state index in [1.165, 1.54) is 56.5 Å². The Kier molecular flexibility index (Phi) is 22.9. The molecule has 27 nitrogen and oxygen atoms in total. The Hall–Kier alpha value is -8.53. The van der Waals surface area contributed by atoms with E-state index in [0.29, 0.717) is 48.4 Å². The van der Waals surface area contributed by atoms with Crippen LogP contribution in [0.3, 0.4) is 0 Å². The second-order valence-electron chi connectivity index (χ2n) is 20.0. The van der Waals surface area contributed by atoms with Crippen molar-refractivity contribution >= 4 is 75.7 Å². The number of aryl methyl sites for hydroxylation is 1. The molecule has 0 aliphatic carbocycles. The number of rotatable bonds is 27. The Bertz CT molecular complexity index is 3030. The molecular weight excluding hydrogens is 1090 g/mol. The largest absolute Gasteiger partial charge is 0.493 e. The molecule has 3 heterocycles. The van der Waals surface area contributed by atoms with Crippen molar-refractivity contribution in [2.45, 2.75) is 135 Å². The molecule has 3 aromatic rings. The highest BCUT2D eigenvalue weighted by atomic mass is 32.2. The van der Waals surface area contributed by atoms with Crippen molar-refractivity contribution in [3.8, 4) is 11.5 Å². The number of amides is 7. The maximum Gasteiger partial charge on any atom is 0.415 e. The number of carbonyl (C=O) groups is 7. The number of benzene rings is 2. The first-order chi connectivity index (χ1) is 38.8. The minimum Gasteiger partial charge on any atom is -0.493 e. The van der Waals surface area contributed by atoms with E-state index >= 15 is 0 Å². The van der Waals surface area contributed by atoms with E-state index in [4.69, 9.17) is 19.1 Å². The van der Waals surface area contributed by atoms with Gasteiger partial charge in [-0.25, -0.2) is 15.3 Å². The van der Waals surface area contributed by atoms with E-state index in [9.17, 15) is 46.5 Å². The lowest BCUT2D eigenvalue weighted by molar-refractivity contribution is -0.132. The molecule has 82 heavy (non-hydrogen) atoms. The number of aliphatic imine (C=N–C) groups is 1. The number of anilines is 2. The highest BCUT2D eigenvalue weighted by molar-refractivity contribution is 7.86. The zero-order valence-electron chi connectivity index (χ0n) is 47.7. The van der Waals surface area contributed by atoms with E-state index in [1.54, 1.807) is 63.6 Å². The van der Waals surface area contributed by atoms with Gasteiger partial charge in [-0.05, 0) is 103 Å². The van der Waals surface area contributed by atoms with Crippen LogP contribution in [0.4, 0.5) is 16.3 Å². The number of aromatic nitrogens is 2. The van der Waals surface area contributed by atoms with Crippen LogP contribution in [-0.2, 0) is 58.9 Å². The molecule has 0 fully saturated rings. The molecule has 5 rings (SSSR count). The van der Waals surface area contributed by atoms with Crippen LogP contribution in [0.15, 0.2) is 77.2 Å². The van der Waals surface area contributed by atoms with Gasteiger partial charge in [0.1, 0.15) is 30.6 Å². The maximum atomic E-state index is 14.8. The number of imidazole rings is 1. The number of nitrogens with one attached hydrogen (secondary N) is 7. The standard InChI is InChI=1S/C54H75N13O14S/c1-12-18-43(63-54(6,7)23-25-55-8)62-50(72)47-61-44(31-65(47)10)64-81-42-29-39-38(28-41(42)78-11)51(73)66-30-37-20-14-13-19-36(37)27-40(66)52(82(75,76)77)67(39)53(74)80-35(5)32(2)59-49(71)34(4)60-48(70)33(3)58-46(69)22-16-15-21-45(68)57-24-17-26-79-56-9/h12-14,18-20,23,25,28-29,31-35,40,52,55,64H,9,15-17,21-22,24,26-27,30H2,1-8,10-11H3,(H,57,68)(H,58,69)(H,59,71)(H,60,70)(H,62,63,72)(H,75,76,77)/b18-12-,25-23-/t32?,33-,34-,35+,40+,52?/m1/s1. The lowest BCUT2D eigenvalue weighted by Crippen LogP contribution is -2.59. The van der Waals surface area contributed by atoms with E-state index in [0.717, 1.165) is 6.07 Å². The van der Waals surface area contributed by atoms with Gasteiger partial charge >= 0.3 is 6.09 Å². The summed E-state index contributed by atoms with van der Waals surface area (Å²) in [4.78, 5) is 116. The summed E-state index contributed by atoms with van der Waals surface area (Å²) in [7, 11) is -0.713. The molecule has 0 saturated carbocycles. The first kappa shape index (κ1) is 64.3. The molecule has 0 bridgehead atoms.